The van der Waals surface area contributed by atoms with Gasteiger partial charge in [-0.1, -0.05) is 0 Å². The lowest BCUT2D eigenvalue weighted by Gasteiger charge is -2.01. The van der Waals surface area contributed by atoms with Gasteiger partial charge >= 0.3 is 6.18 Å². The molecule has 6 heteroatoms. The van der Waals surface area contributed by atoms with Crippen LogP contribution in [-0.4, -0.2) is 11.5 Å². The summed E-state index contributed by atoms with van der Waals surface area (Å²) in [6.45, 7) is 0. The fourth-order valence-corrected chi connectivity index (χ4v) is 1.93. The third kappa shape index (κ3) is 2.58. The van der Waals surface area contributed by atoms with Crippen LogP contribution >= 0.6 is 11.5 Å². The molecule has 0 saturated carbocycles. The SMILES string of the molecule is COc1ccc(-c2cc(C(F)(F)F)sn2)cc1. The fourth-order valence-electron chi connectivity index (χ4n) is 1.31. The van der Waals surface area contributed by atoms with Crippen LogP contribution in [0.3, 0.4) is 0 Å². The van der Waals surface area contributed by atoms with Crippen LogP contribution in [0.15, 0.2) is 30.3 Å². The molecule has 0 spiro atoms. The van der Waals surface area contributed by atoms with E-state index in [1.54, 1.807) is 24.3 Å². The van der Waals surface area contributed by atoms with E-state index in [1.165, 1.54) is 7.11 Å². The Kier molecular flexibility index (Phi) is 3.06. The molecule has 0 saturated heterocycles. The van der Waals surface area contributed by atoms with Crippen LogP contribution in [0.2, 0.25) is 0 Å². The van der Waals surface area contributed by atoms with Crippen LogP contribution in [0.5, 0.6) is 5.75 Å². The van der Waals surface area contributed by atoms with Crippen LogP contribution in [0, 0.1) is 0 Å². The highest BCUT2D eigenvalue weighted by molar-refractivity contribution is 7.06. The third-order valence-electron chi connectivity index (χ3n) is 2.18. The van der Waals surface area contributed by atoms with Crippen molar-refractivity contribution in [2.45, 2.75) is 6.18 Å². The molecule has 1 heterocycles. The van der Waals surface area contributed by atoms with Gasteiger partial charge in [0.15, 0.2) is 0 Å². The molecule has 2 nitrogen and oxygen atoms in total. The number of nitrogens with zero attached hydrogens (tertiary/aromatic N) is 1. The van der Waals surface area contributed by atoms with Crippen LogP contribution in [0.1, 0.15) is 4.88 Å². The van der Waals surface area contributed by atoms with Crippen molar-refractivity contribution in [3.05, 3.63) is 35.2 Å². The molecule has 0 unspecified atom stereocenters. The average molecular weight is 259 g/mol. The predicted octanol–water partition coefficient (Wildman–Crippen LogP) is 3.84. The van der Waals surface area contributed by atoms with Gasteiger partial charge in [-0.3, -0.25) is 0 Å². The summed E-state index contributed by atoms with van der Waals surface area (Å²) in [5.41, 5.74) is 0.961. The topological polar surface area (TPSA) is 22.1 Å². The molecular formula is C11H8F3NOS. The van der Waals surface area contributed by atoms with E-state index in [-0.39, 0.29) is 0 Å². The summed E-state index contributed by atoms with van der Waals surface area (Å²) >= 11 is 0.455. The van der Waals surface area contributed by atoms with Crippen molar-refractivity contribution in [3.8, 4) is 17.0 Å². The number of hydrogen-bond acceptors (Lipinski definition) is 3. The van der Waals surface area contributed by atoms with Gasteiger partial charge in [0.1, 0.15) is 10.6 Å². The number of rotatable bonds is 2. The van der Waals surface area contributed by atoms with Crippen LogP contribution < -0.4 is 4.74 Å². The van der Waals surface area contributed by atoms with Gasteiger partial charge in [-0.15, -0.1) is 0 Å². The highest BCUT2D eigenvalue weighted by Crippen LogP contribution is 2.35. The highest BCUT2D eigenvalue weighted by Gasteiger charge is 2.33. The van der Waals surface area contributed by atoms with Crippen molar-refractivity contribution in [2.75, 3.05) is 7.11 Å². The van der Waals surface area contributed by atoms with E-state index in [9.17, 15) is 13.2 Å². The standard InChI is InChI=1S/C11H8F3NOS/c1-16-8-4-2-7(3-5-8)9-6-10(17-15-9)11(12,13)14/h2-6H,1H3. The van der Waals surface area contributed by atoms with E-state index in [4.69, 9.17) is 4.74 Å². The molecule has 0 fully saturated rings. The second kappa shape index (κ2) is 4.37. The number of methoxy groups -OCH3 is 1. The number of aromatic nitrogens is 1. The van der Waals surface area contributed by atoms with Gasteiger partial charge in [0, 0.05) is 5.56 Å². The second-order valence-electron chi connectivity index (χ2n) is 3.30. The molecule has 90 valence electrons. The lowest BCUT2D eigenvalue weighted by molar-refractivity contribution is -0.134. The summed E-state index contributed by atoms with van der Waals surface area (Å²) in [4.78, 5) is -0.691. The van der Waals surface area contributed by atoms with E-state index >= 15 is 0 Å². The van der Waals surface area contributed by atoms with E-state index < -0.39 is 11.1 Å². The Hall–Kier alpha value is -1.56. The van der Waals surface area contributed by atoms with Crippen LogP contribution in [0.4, 0.5) is 13.2 Å². The van der Waals surface area contributed by atoms with E-state index in [0.29, 0.717) is 28.5 Å². The van der Waals surface area contributed by atoms with E-state index in [2.05, 4.69) is 4.37 Å². The molecule has 0 atom stereocenters. The summed E-state index contributed by atoms with van der Waals surface area (Å²) < 4.78 is 45.9. The summed E-state index contributed by atoms with van der Waals surface area (Å²) in [7, 11) is 1.53. The van der Waals surface area contributed by atoms with Crippen molar-refractivity contribution in [1.29, 1.82) is 0 Å². The molecule has 2 rings (SSSR count). The zero-order chi connectivity index (χ0) is 12.5. The Balaban J connectivity index is 2.30. The minimum atomic E-state index is -4.33. The average Bonchev–Trinajstić information content (AvgIpc) is 2.78. The Morgan fingerprint density at radius 1 is 1.18 bits per heavy atom. The van der Waals surface area contributed by atoms with Gasteiger partial charge in [0.25, 0.3) is 0 Å². The zero-order valence-corrected chi connectivity index (χ0v) is 9.60. The first-order valence-corrected chi connectivity index (χ1v) is 5.46. The van der Waals surface area contributed by atoms with Gasteiger partial charge in [-0.05, 0) is 41.9 Å². The normalized spacial score (nSPS) is 11.5. The Morgan fingerprint density at radius 2 is 1.82 bits per heavy atom. The predicted molar refractivity (Wildman–Crippen MR) is 59.1 cm³/mol. The number of alkyl halides is 3. The van der Waals surface area contributed by atoms with Crippen molar-refractivity contribution in [3.63, 3.8) is 0 Å². The smallest absolute Gasteiger partial charge is 0.427 e. The first kappa shape index (κ1) is 11.9. The highest BCUT2D eigenvalue weighted by atomic mass is 32.1. The van der Waals surface area contributed by atoms with Crippen LogP contribution in [0.25, 0.3) is 11.3 Å². The first-order chi connectivity index (χ1) is 8.00. The lowest BCUT2D eigenvalue weighted by Crippen LogP contribution is -2.00. The molecule has 1 aromatic carbocycles. The van der Waals surface area contributed by atoms with Gasteiger partial charge in [-0.25, -0.2) is 0 Å². The first-order valence-electron chi connectivity index (χ1n) is 4.69. The molecule has 0 bridgehead atoms. The minimum absolute atomic E-state index is 0.324. The fraction of sp³-hybridized carbons (Fsp3) is 0.182. The van der Waals surface area contributed by atoms with Crippen molar-refractivity contribution in [1.82, 2.24) is 4.37 Å². The van der Waals surface area contributed by atoms with Crippen molar-refractivity contribution in [2.24, 2.45) is 0 Å². The molecule has 1 aromatic heterocycles. The molecule has 2 aromatic rings. The Labute approximate surface area is 99.8 Å². The molecule has 17 heavy (non-hydrogen) atoms. The molecule has 0 amide bonds. The Morgan fingerprint density at radius 3 is 2.29 bits per heavy atom. The molecule has 0 N–H and O–H groups in total. The molecular weight excluding hydrogens is 251 g/mol. The largest absolute Gasteiger partial charge is 0.497 e. The lowest BCUT2D eigenvalue weighted by atomic mass is 10.1. The van der Waals surface area contributed by atoms with Crippen LogP contribution in [-0.2, 0) is 6.18 Å². The molecule has 0 radical (unpaired) electrons. The summed E-state index contributed by atoms with van der Waals surface area (Å²) in [6, 6.07) is 7.76. The summed E-state index contributed by atoms with van der Waals surface area (Å²) in [5, 5.41) is 0. The maximum Gasteiger partial charge on any atom is 0.427 e. The summed E-state index contributed by atoms with van der Waals surface area (Å²) in [5.74, 6) is 0.653. The van der Waals surface area contributed by atoms with Gasteiger partial charge in [-0.2, -0.15) is 17.5 Å². The zero-order valence-electron chi connectivity index (χ0n) is 8.78. The van der Waals surface area contributed by atoms with Gasteiger partial charge in [0.05, 0.1) is 12.8 Å². The maximum absolute atomic E-state index is 12.4. The van der Waals surface area contributed by atoms with Crippen molar-refractivity contribution < 1.29 is 17.9 Å². The molecule has 0 aliphatic heterocycles. The maximum atomic E-state index is 12.4. The molecule has 0 aliphatic rings. The second-order valence-corrected chi connectivity index (χ2v) is 4.11. The third-order valence-corrected chi connectivity index (χ3v) is 3.01. The Bertz CT molecular complexity index is 504. The van der Waals surface area contributed by atoms with E-state index in [0.717, 1.165) is 6.07 Å². The number of hydrogen-bond donors (Lipinski definition) is 0. The van der Waals surface area contributed by atoms with Gasteiger partial charge in [0.2, 0.25) is 0 Å². The number of halogens is 3. The van der Waals surface area contributed by atoms with E-state index in [1.807, 2.05) is 0 Å². The molecule has 0 aliphatic carbocycles. The monoisotopic (exact) mass is 259 g/mol. The van der Waals surface area contributed by atoms with Gasteiger partial charge < -0.3 is 4.74 Å². The van der Waals surface area contributed by atoms with Crippen molar-refractivity contribution >= 4 is 11.5 Å². The quantitative estimate of drug-likeness (QED) is 0.817. The number of benzene rings is 1. The number of ether oxygens (including phenoxy) is 1. The summed E-state index contributed by atoms with van der Waals surface area (Å²) in [6.07, 6.45) is -4.33. The minimum Gasteiger partial charge on any atom is -0.497 e.